The first kappa shape index (κ1) is 15.9. The summed E-state index contributed by atoms with van der Waals surface area (Å²) >= 11 is 0. The minimum atomic E-state index is -4.56. The van der Waals surface area contributed by atoms with Crippen LogP contribution in [0.1, 0.15) is 49.1 Å². The molecule has 1 N–H and O–H groups in total. The molecule has 0 radical (unpaired) electrons. The van der Waals surface area contributed by atoms with Crippen molar-refractivity contribution in [2.24, 2.45) is 0 Å². The summed E-state index contributed by atoms with van der Waals surface area (Å²) in [6, 6.07) is 3.68. The van der Waals surface area contributed by atoms with E-state index in [1.165, 1.54) is 13.2 Å². The molecule has 1 aliphatic rings. The monoisotopic (exact) mass is 325 g/mol. The summed E-state index contributed by atoms with van der Waals surface area (Å²) in [5.74, 6) is 0.746. The number of aromatic amines is 1. The molecule has 3 nitrogen and oxygen atoms in total. The van der Waals surface area contributed by atoms with E-state index in [2.05, 4.69) is 4.98 Å². The number of ether oxygens (including phenoxy) is 1. The van der Waals surface area contributed by atoms with E-state index in [0.29, 0.717) is 11.8 Å². The molecule has 23 heavy (non-hydrogen) atoms. The zero-order valence-electron chi connectivity index (χ0n) is 12.8. The second kappa shape index (κ2) is 5.91. The van der Waals surface area contributed by atoms with E-state index >= 15 is 0 Å². The van der Waals surface area contributed by atoms with Crippen molar-refractivity contribution in [3.8, 4) is 5.75 Å². The minimum absolute atomic E-state index is 0.0264. The molecule has 1 heterocycles. The van der Waals surface area contributed by atoms with Crippen LogP contribution in [0.15, 0.2) is 23.0 Å². The van der Waals surface area contributed by atoms with Crippen molar-refractivity contribution in [3.63, 3.8) is 0 Å². The molecule has 124 valence electrons. The average molecular weight is 325 g/mol. The van der Waals surface area contributed by atoms with Gasteiger partial charge >= 0.3 is 6.18 Å². The van der Waals surface area contributed by atoms with Crippen molar-refractivity contribution in [1.29, 1.82) is 0 Å². The Kier molecular flexibility index (Phi) is 4.08. The van der Waals surface area contributed by atoms with Crippen LogP contribution >= 0.6 is 0 Å². The summed E-state index contributed by atoms with van der Waals surface area (Å²) in [5.41, 5.74) is -0.702. The first-order valence-corrected chi connectivity index (χ1v) is 7.72. The molecule has 1 fully saturated rings. The number of aromatic nitrogens is 1. The van der Waals surface area contributed by atoms with Crippen LogP contribution in [-0.2, 0) is 6.18 Å². The second-order valence-electron chi connectivity index (χ2n) is 6.02. The van der Waals surface area contributed by atoms with Crippen LogP contribution in [0.4, 0.5) is 13.2 Å². The van der Waals surface area contributed by atoms with E-state index in [0.717, 1.165) is 37.7 Å². The zero-order chi connectivity index (χ0) is 16.6. The summed E-state index contributed by atoms with van der Waals surface area (Å²) in [4.78, 5) is 14.0. The third-order valence-electron chi connectivity index (χ3n) is 4.54. The fourth-order valence-electron chi connectivity index (χ4n) is 3.44. The van der Waals surface area contributed by atoms with Crippen LogP contribution in [0.25, 0.3) is 10.9 Å². The molecule has 0 saturated heterocycles. The predicted molar refractivity (Wildman–Crippen MR) is 81.9 cm³/mol. The van der Waals surface area contributed by atoms with Crippen LogP contribution in [-0.4, -0.2) is 12.1 Å². The van der Waals surface area contributed by atoms with Crippen molar-refractivity contribution in [2.45, 2.75) is 44.2 Å². The molecular weight excluding hydrogens is 307 g/mol. The largest absolute Gasteiger partial charge is 0.496 e. The van der Waals surface area contributed by atoms with Gasteiger partial charge in [0.2, 0.25) is 5.56 Å². The number of rotatable bonds is 2. The Hall–Kier alpha value is -1.98. The number of pyridine rings is 1. The fraction of sp³-hybridized carbons (Fsp3) is 0.471. The van der Waals surface area contributed by atoms with Gasteiger partial charge in [-0.25, -0.2) is 0 Å². The maximum Gasteiger partial charge on any atom is 0.417 e. The number of fused-ring (bicyclic) bond motifs is 1. The highest BCUT2D eigenvalue weighted by Crippen LogP contribution is 2.41. The SMILES string of the molecule is COc1cc2[nH]c(=O)cc(C(F)(F)F)c2cc1C1CCCCC1. The Morgan fingerprint density at radius 1 is 1.13 bits per heavy atom. The van der Waals surface area contributed by atoms with E-state index in [-0.39, 0.29) is 16.8 Å². The first-order chi connectivity index (χ1) is 10.9. The number of hydrogen-bond donors (Lipinski definition) is 1. The van der Waals surface area contributed by atoms with Crippen LogP contribution in [0, 0.1) is 0 Å². The first-order valence-electron chi connectivity index (χ1n) is 7.72. The van der Waals surface area contributed by atoms with E-state index in [1.807, 2.05) is 0 Å². The summed E-state index contributed by atoms with van der Waals surface area (Å²) in [6.45, 7) is 0. The molecule has 0 amide bonds. The Morgan fingerprint density at radius 3 is 2.43 bits per heavy atom. The Labute approximate surface area is 131 Å². The lowest BCUT2D eigenvalue weighted by atomic mass is 9.83. The van der Waals surface area contributed by atoms with Crippen molar-refractivity contribution in [2.75, 3.05) is 7.11 Å². The van der Waals surface area contributed by atoms with E-state index in [9.17, 15) is 18.0 Å². The van der Waals surface area contributed by atoms with Crippen LogP contribution in [0.5, 0.6) is 5.75 Å². The van der Waals surface area contributed by atoms with Gasteiger partial charge in [0.15, 0.2) is 0 Å². The summed E-state index contributed by atoms with van der Waals surface area (Å²) in [7, 11) is 1.50. The molecule has 0 unspecified atom stereocenters. The van der Waals surface area contributed by atoms with Gasteiger partial charge in [-0.05, 0) is 30.4 Å². The molecule has 1 aromatic carbocycles. The number of H-pyrrole nitrogens is 1. The number of hydrogen-bond acceptors (Lipinski definition) is 2. The van der Waals surface area contributed by atoms with Gasteiger partial charge in [-0.3, -0.25) is 4.79 Å². The molecular formula is C17H18F3NO2. The quantitative estimate of drug-likeness (QED) is 0.876. The number of halogens is 3. The molecule has 3 rings (SSSR count). The van der Waals surface area contributed by atoms with E-state index in [4.69, 9.17) is 4.74 Å². The maximum atomic E-state index is 13.3. The van der Waals surface area contributed by atoms with Gasteiger partial charge in [-0.15, -0.1) is 0 Å². The molecule has 6 heteroatoms. The molecule has 0 bridgehead atoms. The zero-order valence-corrected chi connectivity index (χ0v) is 12.8. The Morgan fingerprint density at radius 2 is 1.83 bits per heavy atom. The van der Waals surface area contributed by atoms with Crippen molar-refractivity contribution < 1.29 is 17.9 Å². The Balaban J connectivity index is 2.24. The van der Waals surface area contributed by atoms with E-state index < -0.39 is 17.3 Å². The van der Waals surface area contributed by atoms with Gasteiger partial charge in [-0.1, -0.05) is 19.3 Å². The van der Waals surface area contributed by atoms with Gasteiger partial charge < -0.3 is 9.72 Å². The Bertz CT molecular complexity index is 774. The minimum Gasteiger partial charge on any atom is -0.496 e. The summed E-state index contributed by atoms with van der Waals surface area (Å²) < 4.78 is 45.2. The normalized spacial score (nSPS) is 16.7. The lowest BCUT2D eigenvalue weighted by molar-refractivity contribution is -0.136. The lowest BCUT2D eigenvalue weighted by Crippen LogP contribution is -2.15. The topological polar surface area (TPSA) is 42.1 Å². The highest BCUT2D eigenvalue weighted by Gasteiger charge is 2.34. The molecule has 0 aliphatic heterocycles. The maximum absolute atomic E-state index is 13.3. The highest BCUT2D eigenvalue weighted by molar-refractivity contribution is 5.85. The third-order valence-corrected chi connectivity index (χ3v) is 4.54. The number of benzene rings is 1. The van der Waals surface area contributed by atoms with Gasteiger partial charge in [0, 0.05) is 17.5 Å². The molecule has 0 spiro atoms. The van der Waals surface area contributed by atoms with Gasteiger partial charge in [0.05, 0.1) is 18.2 Å². The van der Waals surface area contributed by atoms with Gasteiger partial charge in [0.25, 0.3) is 0 Å². The smallest absolute Gasteiger partial charge is 0.417 e. The number of nitrogens with one attached hydrogen (secondary N) is 1. The van der Waals surface area contributed by atoms with Crippen molar-refractivity contribution >= 4 is 10.9 Å². The third kappa shape index (κ3) is 3.07. The number of methoxy groups -OCH3 is 1. The van der Waals surface area contributed by atoms with Crippen molar-refractivity contribution in [3.05, 3.63) is 39.7 Å². The van der Waals surface area contributed by atoms with Gasteiger partial charge in [-0.2, -0.15) is 13.2 Å². The predicted octanol–water partition coefficient (Wildman–Crippen LogP) is 4.60. The molecule has 0 atom stereocenters. The summed E-state index contributed by atoms with van der Waals surface area (Å²) in [6.07, 6.45) is 0.644. The van der Waals surface area contributed by atoms with Crippen molar-refractivity contribution in [1.82, 2.24) is 4.98 Å². The van der Waals surface area contributed by atoms with Crippen LogP contribution in [0.3, 0.4) is 0 Å². The van der Waals surface area contributed by atoms with Crippen LogP contribution in [0.2, 0.25) is 0 Å². The van der Waals surface area contributed by atoms with E-state index in [1.54, 1.807) is 6.07 Å². The van der Waals surface area contributed by atoms with Crippen LogP contribution < -0.4 is 10.3 Å². The molecule has 2 aromatic rings. The standard InChI is InChI=1S/C17H18F3NO2/c1-23-15-9-14-12(7-11(15)10-5-3-2-4-6-10)13(17(18,19)20)8-16(22)21-14/h7-10H,2-6H2,1H3,(H,21,22). The fourth-order valence-corrected chi connectivity index (χ4v) is 3.44. The molecule has 1 aliphatic carbocycles. The number of alkyl halides is 3. The van der Waals surface area contributed by atoms with Gasteiger partial charge in [0.1, 0.15) is 5.75 Å². The molecule has 1 saturated carbocycles. The lowest BCUT2D eigenvalue weighted by Gasteiger charge is -2.24. The summed E-state index contributed by atoms with van der Waals surface area (Å²) in [5, 5.41) is 0.0264. The highest BCUT2D eigenvalue weighted by atomic mass is 19.4. The average Bonchev–Trinajstić information content (AvgIpc) is 2.52. The second-order valence-corrected chi connectivity index (χ2v) is 6.02. The molecule has 1 aromatic heterocycles.